The Morgan fingerprint density at radius 3 is 2.35 bits per heavy atom. The molecule has 0 aliphatic heterocycles. The maximum atomic E-state index is 3.53. The topological polar surface area (TPSA) is 15.3 Å². The van der Waals surface area contributed by atoms with Crippen LogP contribution in [0, 0.1) is 5.92 Å². The molecule has 0 aromatic heterocycles. The Labute approximate surface area is 108 Å². The molecule has 0 atom stereocenters. The van der Waals surface area contributed by atoms with Crippen LogP contribution in [0.25, 0.3) is 0 Å². The van der Waals surface area contributed by atoms with Crippen molar-refractivity contribution in [2.75, 3.05) is 26.7 Å². The molecule has 1 fully saturated rings. The molecule has 0 spiro atoms. The fourth-order valence-corrected chi connectivity index (χ4v) is 2.73. The van der Waals surface area contributed by atoms with Gasteiger partial charge in [-0.15, -0.1) is 0 Å². The van der Waals surface area contributed by atoms with Crippen molar-refractivity contribution in [3.8, 4) is 0 Å². The molecule has 1 rings (SSSR count). The molecule has 1 saturated carbocycles. The molecule has 102 valence electrons. The highest BCUT2D eigenvalue weighted by Crippen LogP contribution is 2.20. The highest BCUT2D eigenvalue weighted by atomic mass is 15.1. The van der Waals surface area contributed by atoms with Gasteiger partial charge in [0, 0.05) is 6.04 Å². The van der Waals surface area contributed by atoms with Crippen molar-refractivity contribution in [3.05, 3.63) is 0 Å². The van der Waals surface area contributed by atoms with Crippen LogP contribution in [0.4, 0.5) is 0 Å². The van der Waals surface area contributed by atoms with Crippen LogP contribution >= 0.6 is 0 Å². The minimum atomic E-state index is 0.773. The molecule has 0 aromatic carbocycles. The third-order valence-electron chi connectivity index (χ3n) is 3.87. The van der Waals surface area contributed by atoms with Gasteiger partial charge in [0.15, 0.2) is 0 Å². The van der Waals surface area contributed by atoms with E-state index in [1.165, 1.54) is 58.0 Å². The molecule has 0 radical (unpaired) electrons. The lowest BCUT2D eigenvalue weighted by atomic mass is 10.1. The molecule has 1 aliphatic rings. The minimum absolute atomic E-state index is 0.773. The lowest BCUT2D eigenvalue weighted by molar-refractivity contribution is 0.218. The highest BCUT2D eigenvalue weighted by Gasteiger charge is 2.15. The fraction of sp³-hybridized carbons (Fsp3) is 1.00. The molecule has 0 aromatic rings. The van der Waals surface area contributed by atoms with Crippen molar-refractivity contribution in [1.29, 1.82) is 0 Å². The van der Waals surface area contributed by atoms with E-state index < -0.39 is 0 Å². The van der Waals surface area contributed by atoms with Gasteiger partial charge >= 0.3 is 0 Å². The number of hydrogen-bond acceptors (Lipinski definition) is 2. The van der Waals surface area contributed by atoms with Gasteiger partial charge in [0.05, 0.1) is 0 Å². The first kappa shape index (κ1) is 15.0. The van der Waals surface area contributed by atoms with E-state index in [2.05, 4.69) is 31.1 Å². The molecule has 0 unspecified atom stereocenters. The molecule has 1 N–H and O–H groups in total. The molecule has 0 amide bonds. The largest absolute Gasteiger partial charge is 0.316 e. The van der Waals surface area contributed by atoms with E-state index in [-0.39, 0.29) is 0 Å². The first-order valence-electron chi connectivity index (χ1n) is 7.61. The average Bonchev–Trinajstić information content (AvgIpc) is 2.56. The van der Waals surface area contributed by atoms with Crippen LogP contribution < -0.4 is 5.32 Å². The number of nitrogens with zero attached hydrogens (tertiary/aromatic N) is 1. The van der Waals surface area contributed by atoms with Crippen molar-refractivity contribution >= 4 is 0 Å². The van der Waals surface area contributed by atoms with Crippen LogP contribution in [0.15, 0.2) is 0 Å². The number of rotatable bonds is 7. The Morgan fingerprint density at radius 1 is 1.12 bits per heavy atom. The molecule has 2 nitrogen and oxygen atoms in total. The third-order valence-corrected chi connectivity index (χ3v) is 3.87. The van der Waals surface area contributed by atoms with Gasteiger partial charge in [-0.1, -0.05) is 39.5 Å². The summed E-state index contributed by atoms with van der Waals surface area (Å²) in [7, 11) is 2.32. The Bertz CT molecular complexity index is 172. The van der Waals surface area contributed by atoms with Crippen molar-refractivity contribution in [2.45, 2.75) is 64.8 Å². The van der Waals surface area contributed by atoms with E-state index in [0.717, 1.165) is 18.5 Å². The van der Waals surface area contributed by atoms with E-state index >= 15 is 0 Å². The van der Waals surface area contributed by atoms with Gasteiger partial charge in [-0.25, -0.2) is 0 Å². The van der Waals surface area contributed by atoms with Crippen molar-refractivity contribution in [1.82, 2.24) is 10.2 Å². The van der Waals surface area contributed by atoms with E-state index in [0.29, 0.717) is 0 Å². The number of nitrogens with one attached hydrogen (secondary N) is 1. The molecular weight excluding hydrogens is 208 g/mol. The summed E-state index contributed by atoms with van der Waals surface area (Å²) < 4.78 is 0. The summed E-state index contributed by atoms with van der Waals surface area (Å²) in [6, 6.07) is 0.864. The first-order valence-corrected chi connectivity index (χ1v) is 7.61. The monoisotopic (exact) mass is 240 g/mol. The Balaban J connectivity index is 2.04. The molecule has 0 saturated heterocycles. The molecule has 1 aliphatic carbocycles. The minimum Gasteiger partial charge on any atom is -0.316 e. The second kappa shape index (κ2) is 8.93. The Hall–Kier alpha value is -0.0800. The lowest BCUT2D eigenvalue weighted by Gasteiger charge is -2.27. The van der Waals surface area contributed by atoms with Gasteiger partial charge in [-0.05, 0) is 51.9 Å². The van der Waals surface area contributed by atoms with Crippen molar-refractivity contribution < 1.29 is 0 Å². The molecular formula is C15H32N2. The van der Waals surface area contributed by atoms with Gasteiger partial charge in [0.2, 0.25) is 0 Å². The standard InChI is InChI=1S/C15H32N2/c1-14(2)13-16-11-8-12-17(3)15-9-6-4-5-7-10-15/h14-16H,4-13H2,1-3H3. The van der Waals surface area contributed by atoms with Crippen LogP contribution in [-0.4, -0.2) is 37.6 Å². The van der Waals surface area contributed by atoms with Gasteiger partial charge in [0.25, 0.3) is 0 Å². The summed E-state index contributed by atoms with van der Waals surface area (Å²) in [5.41, 5.74) is 0. The van der Waals surface area contributed by atoms with Crippen LogP contribution in [0.3, 0.4) is 0 Å². The second-order valence-electron chi connectivity index (χ2n) is 6.08. The van der Waals surface area contributed by atoms with E-state index in [4.69, 9.17) is 0 Å². The Morgan fingerprint density at radius 2 is 1.76 bits per heavy atom. The predicted molar refractivity (Wildman–Crippen MR) is 76.4 cm³/mol. The SMILES string of the molecule is CC(C)CNCCCN(C)C1CCCCCC1. The average molecular weight is 240 g/mol. The zero-order valence-electron chi connectivity index (χ0n) is 12.2. The smallest absolute Gasteiger partial charge is 0.00922 e. The zero-order valence-corrected chi connectivity index (χ0v) is 12.2. The number of hydrogen-bond donors (Lipinski definition) is 1. The van der Waals surface area contributed by atoms with Crippen molar-refractivity contribution in [3.63, 3.8) is 0 Å². The second-order valence-corrected chi connectivity index (χ2v) is 6.08. The van der Waals surface area contributed by atoms with Gasteiger partial charge in [0.1, 0.15) is 0 Å². The fourth-order valence-electron chi connectivity index (χ4n) is 2.73. The van der Waals surface area contributed by atoms with Crippen molar-refractivity contribution in [2.24, 2.45) is 5.92 Å². The third kappa shape index (κ3) is 7.05. The predicted octanol–water partition coefficient (Wildman–Crippen LogP) is 3.28. The molecule has 2 heteroatoms. The summed E-state index contributed by atoms with van der Waals surface area (Å²) in [4.78, 5) is 2.60. The van der Waals surface area contributed by atoms with E-state index in [9.17, 15) is 0 Å². The highest BCUT2D eigenvalue weighted by molar-refractivity contribution is 4.72. The van der Waals surface area contributed by atoms with Crippen LogP contribution in [0.1, 0.15) is 58.8 Å². The van der Waals surface area contributed by atoms with Gasteiger partial charge < -0.3 is 10.2 Å². The molecule has 17 heavy (non-hydrogen) atoms. The lowest BCUT2D eigenvalue weighted by Crippen LogP contribution is -2.33. The van der Waals surface area contributed by atoms with Crippen LogP contribution in [0.5, 0.6) is 0 Å². The summed E-state index contributed by atoms with van der Waals surface area (Å²) in [5, 5.41) is 3.53. The van der Waals surface area contributed by atoms with E-state index in [1.54, 1.807) is 0 Å². The van der Waals surface area contributed by atoms with E-state index in [1.807, 2.05) is 0 Å². The maximum Gasteiger partial charge on any atom is 0.00922 e. The summed E-state index contributed by atoms with van der Waals surface area (Å²) in [5.74, 6) is 0.773. The Kier molecular flexibility index (Phi) is 7.87. The van der Waals surface area contributed by atoms with Crippen LogP contribution in [-0.2, 0) is 0 Å². The summed E-state index contributed by atoms with van der Waals surface area (Å²) >= 11 is 0. The maximum absolute atomic E-state index is 3.53. The molecule has 0 heterocycles. The van der Waals surface area contributed by atoms with Gasteiger partial charge in [-0.3, -0.25) is 0 Å². The van der Waals surface area contributed by atoms with Gasteiger partial charge in [-0.2, -0.15) is 0 Å². The normalized spacial score (nSPS) is 18.9. The van der Waals surface area contributed by atoms with Crippen LogP contribution in [0.2, 0.25) is 0 Å². The zero-order chi connectivity index (χ0) is 12.5. The molecule has 0 bridgehead atoms. The summed E-state index contributed by atoms with van der Waals surface area (Å²) in [6.45, 7) is 8.13. The first-order chi connectivity index (χ1) is 8.20. The summed E-state index contributed by atoms with van der Waals surface area (Å²) in [6.07, 6.45) is 9.95. The quantitative estimate of drug-likeness (QED) is 0.543.